The van der Waals surface area contributed by atoms with E-state index in [4.69, 9.17) is 4.74 Å². The van der Waals surface area contributed by atoms with Gasteiger partial charge in [0.05, 0.1) is 0 Å². The summed E-state index contributed by atoms with van der Waals surface area (Å²) in [4.78, 5) is 5.02. The molecule has 1 aliphatic heterocycles. The predicted molar refractivity (Wildman–Crippen MR) is 202 cm³/mol. The molecule has 236 valence electrons. The van der Waals surface area contributed by atoms with E-state index < -0.39 is 10.0 Å². The molecule has 0 amide bonds. The van der Waals surface area contributed by atoms with Crippen LogP contribution in [-0.2, 0) is 0 Å². The fourth-order valence-electron chi connectivity index (χ4n) is 5.34. The van der Waals surface area contributed by atoms with Crippen LogP contribution in [0.25, 0.3) is 9.81 Å². The van der Waals surface area contributed by atoms with E-state index in [9.17, 15) is 0 Å². The molecule has 2 aromatic carbocycles. The molecule has 0 saturated heterocycles. The van der Waals surface area contributed by atoms with Gasteiger partial charge in [-0.15, -0.1) is 0 Å². The van der Waals surface area contributed by atoms with Crippen LogP contribution in [0.2, 0.25) is 0 Å². The van der Waals surface area contributed by atoms with E-state index in [-0.39, 0.29) is 0 Å². The summed E-state index contributed by atoms with van der Waals surface area (Å²) in [5.41, 5.74) is 7.65. The Balaban J connectivity index is 0.00000162. The maximum atomic E-state index is 6.06. The van der Waals surface area contributed by atoms with Crippen molar-refractivity contribution >= 4 is 19.8 Å². The van der Waals surface area contributed by atoms with Crippen LogP contribution in [-0.4, -0.2) is 44.2 Å². The van der Waals surface area contributed by atoms with Crippen LogP contribution in [0, 0.1) is 0 Å². The van der Waals surface area contributed by atoms with Crippen LogP contribution in [0.4, 0.5) is 0 Å². The van der Waals surface area contributed by atoms with Gasteiger partial charge in [-0.3, -0.25) is 0 Å². The third-order valence-corrected chi connectivity index (χ3v) is 11.2. The average molecular weight is 610 g/mol. The van der Waals surface area contributed by atoms with Crippen LogP contribution in [0.1, 0.15) is 59.1 Å². The molecular weight excluding hydrogens is 555 g/mol. The number of ether oxygens (including phenoxy) is 1. The highest BCUT2D eigenvalue weighted by molar-refractivity contribution is 8.47. The topological polar surface area (TPSA) is 12.5 Å². The Morgan fingerprint density at radius 2 is 1.59 bits per heavy atom. The quantitative estimate of drug-likeness (QED) is 0.235. The lowest BCUT2D eigenvalue weighted by Crippen LogP contribution is -2.19. The van der Waals surface area contributed by atoms with Crippen molar-refractivity contribution in [2.45, 2.75) is 48.0 Å². The molecule has 44 heavy (non-hydrogen) atoms. The van der Waals surface area contributed by atoms with Gasteiger partial charge in [0.15, 0.2) is 0 Å². The van der Waals surface area contributed by atoms with Gasteiger partial charge in [-0.05, 0) is 73.9 Å². The average Bonchev–Trinajstić information content (AvgIpc) is 3.17. The third kappa shape index (κ3) is 8.77. The summed E-state index contributed by atoms with van der Waals surface area (Å²) in [6.45, 7) is 18.1. The summed E-state index contributed by atoms with van der Waals surface area (Å²) in [6.07, 6.45) is 23.2. The lowest BCUT2D eigenvalue weighted by molar-refractivity contribution is 0.261. The van der Waals surface area contributed by atoms with E-state index in [2.05, 4.69) is 149 Å². The first-order valence-electron chi connectivity index (χ1n) is 16.1. The molecule has 0 radical (unpaired) electrons. The molecule has 2 aliphatic rings. The number of rotatable bonds is 11. The SMILES string of the molecule is C=C/C=C(\C=C/C)C1=C(c2ccccc2)S(C)(CC)C(c2ccc(OCCN(C)C)cc2)=C1C1=CC=CCC=C1.CC.CC. The molecule has 0 aromatic heterocycles. The number of likely N-dealkylation sites (N-methyl/N-ethyl adjacent to an activating group) is 1. The molecule has 0 spiro atoms. The van der Waals surface area contributed by atoms with Crippen molar-refractivity contribution in [3.8, 4) is 5.75 Å². The van der Waals surface area contributed by atoms with Gasteiger partial charge >= 0.3 is 0 Å². The highest BCUT2D eigenvalue weighted by Gasteiger charge is 2.41. The van der Waals surface area contributed by atoms with Crippen LogP contribution in [0.5, 0.6) is 5.75 Å². The third-order valence-electron chi connectivity index (χ3n) is 7.34. The zero-order valence-corrected chi connectivity index (χ0v) is 29.5. The van der Waals surface area contributed by atoms with Gasteiger partial charge in [-0.25, -0.2) is 0 Å². The molecule has 1 atom stereocenters. The minimum absolute atomic E-state index is 0.672. The molecule has 0 saturated carbocycles. The first-order valence-corrected chi connectivity index (χ1v) is 18.3. The van der Waals surface area contributed by atoms with Crippen LogP contribution >= 0.6 is 10.0 Å². The fraction of sp³-hybridized carbons (Fsp3) is 0.317. The zero-order valence-electron chi connectivity index (χ0n) is 28.7. The fourth-order valence-corrected chi connectivity index (χ4v) is 8.78. The van der Waals surface area contributed by atoms with Crippen LogP contribution < -0.4 is 4.74 Å². The Labute approximate surface area is 270 Å². The smallest absolute Gasteiger partial charge is 0.119 e. The maximum absolute atomic E-state index is 6.06. The Hall–Kier alpha value is -3.53. The van der Waals surface area contributed by atoms with Crippen molar-refractivity contribution in [1.29, 1.82) is 0 Å². The molecule has 0 N–H and O–H groups in total. The summed E-state index contributed by atoms with van der Waals surface area (Å²) < 4.78 is 6.06. The van der Waals surface area contributed by atoms with E-state index in [1.54, 1.807) is 0 Å². The van der Waals surface area contributed by atoms with E-state index in [1.165, 1.54) is 43.2 Å². The van der Waals surface area contributed by atoms with Gasteiger partial charge in [0, 0.05) is 27.5 Å². The molecule has 1 unspecified atom stereocenters. The maximum Gasteiger partial charge on any atom is 0.119 e. The molecule has 1 aliphatic carbocycles. The summed E-state index contributed by atoms with van der Waals surface area (Å²) in [5.74, 6) is 1.96. The number of benzene rings is 2. The van der Waals surface area contributed by atoms with Gasteiger partial charge in [-0.1, -0.05) is 138 Å². The van der Waals surface area contributed by atoms with Gasteiger partial charge in [0.2, 0.25) is 0 Å². The number of nitrogens with zero attached hydrogens (tertiary/aromatic N) is 1. The summed E-state index contributed by atoms with van der Waals surface area (Å²) in [6, 6.07) is 19.8. The predicted octanol–water partition coefficient (Wildman–Crippen LogP) is 11.4. The Morgan fingerprint density at radius 3 is 2.18 bits per heavy atom. The van der Waals surface area contributed by atoms with Crippen molar-refractivity contribution in [2.75, 3.05) is 39.3 Å². The lowest BCUT2D eigenvalue weighted by atomic mass is 9.88. The van der Waals surface area contributed by atoms with Gasteiger partial charge in [0.25, 0.3) is 0 Å². The minimum atomic E-state index is -1.41. The van der Waals surface area contributed by atoms with Gasteiger partial charge < -0.3 is 9.64 Å². The normalized spacial score (nSPS) is 19.5. The van der Waals surface area contributed by atoms with E-state index >= 15 is 0 Å². The monoisotopic (exact) mass is 609 g/mol. The van der Waals surface area contributed by atoms with Crippen molar-refractivity contribution in [2.24, 2.45) is 0 Å². The second-order valence-corrected chi connectivity index (χ2v) is 13.9. The molecule has 4 rings (SSSR count). The molecule has 0 bridgehead atoms. The highest BCUT2D eigenvalue weighted by atomic mass is 32.3. The van der Waals surface area contributed by atoms with Crippen molar-refractivity contribution in [3.05, 3.63) is 149 Å². The summed E-state index contributed by atoms with van der Waals surface area (Å²) >= 11 is 0. The second-order valence-electron chi connectivity index (χ2n) is 10.4. The first-order chi connectivity index (χ1) is 21.4. The Kier molecular flexibility index (Phi) is 15.8. The van der Waals surface area contributed by atoms with Gasteiger partial charge in [0.1, 0.15) is 12.4 Å². The molecular formula is C41H55NOS. The highest BCUT2D eigenvalue weighted by Crippen LogP contribution is 2.74. The second kappa shape index (κ2) is 19.0. The minimum Gasteiger partial charge on any atom is -0.492 e. The van der Waals surface area contributed by atoms with Crippen LogP contribution in [0.15, 0.2) is 138 Å². The Morgan fingerprint density at radius 1 is 0.932 bits per heavy atom. The molecule has 2 aromatic rings. The lowest BCUT2D eigenvalue weighted by Gasteiger charge is -2.38. The summed E-state index contributed by atoms with van der Waals surface area (Å²) in [7, 11) is 2.73. The Bertz CT molecular complexity index is 1410. The van der Waals surface area contributed by atoms with E-state index in [1.807, 2.05) is 33.8 Å². The largest absolute Gasteiger partial charge is 0.492 e. The number of allylic oxidation sites excluding steroid dienone is 13. The number of hydrogen-bond acceptors (Lipinski definition) is 2. The summed E-state index contributed by atoms with van der Waals surface area (Å²) in [5, 5.41) is 0. The van der Waals surface area contributed by atoms with E-state index in [0.29, 0.717) is 6.61 Å². The van der Waals surface area contributed by atoms with E-state index in [0.717, 1.165) is 24.5 Å². The zero-order chi connectivity index (χ0) is 32.5. The number of hydrogen-bond donors (Lipinski definition) is 0. The first kappa shape index (κ1) is 36.7. The van der Waals surface area contributed by atoms with Crippen molar-refractivity contribution < 1.29 is 4.74 Å². The molecule has 0 fully saturated rings. The molecule has 2 nitrogen and oxygen atoms in total. The van der Waals surface area contributed by atoms with Crippen molar-refractivity contribution in [3.63, 3.8) is 0 Å². The standard InChI is InChI=1S/C37H43NOS.2C2H6/c1-7-17-29(18-8-2)34-35(30-19-13-10-11-14-20-30)37(32-23-25-33(26-24-32)39-28-27-38(4)5)40(6,9-3)36(34)31-21-15-12-16-22-31;2*1-2/h7-8,10,12-26H,1,9,11,27-28H2,2-6H3;2*1-2H3/b18-8-,29-17+;;. The van der Waals surface area contributed by atoms with Crippen LogP contribution in [0.3, 0.4) is 0 Å². The molecule has 1 heterocycles. The molecule has 3 heteroatoms. The van der Waals surface area contributed by atoms with Gasteiger partial charge in [-0.2, -0.15) is 10.0 Å². The van der Waals surface area contributed by atoms with Crippen molar-refractivity contribution in [1.82, 2.24) is 4.90 Å².